The summed E-state index contributed by atoms with van der Waals surface area (Å²) >= 11 is 1.70. The van der Waals surface area contributed by atoms with Gasteiger partial charge in [-0.15, -0.1) is 11.3 Å². The molecule has 2 aromatic rings. The third-order valence-electron chi connectivity index (χ3n) is 4.90. The van der Waals surface area contributed by atoms with Crippen molar-refractivity contribution in [1.29, 1.82) is 0 Å². The molecule has 4 heteroatoms. The zero-order chi connectivity index (χ0) is 16.4. The van der Waals surface area contributed by atoms with Crippen LogP contribution in [0.5, 0.6) is 0 Å². The summed E-state index contributed by atoms with van der Waals surface area (Å²) in [5.74, 6) is 0.175. The molecule has 0 spiro atoms. The third kappa shape index (κ3) is 3.27. The predicted octanol–water partition coefficient (Wildman–Crippen LogP) is 4.11. The summed E-state index contributed by atoms with van der Waals surface area (Å²) in [6.45, 7) is 4.76. The van der Waals surface area contributed by atoms with Gasteiger partial charge in [-0.2, -0.15) is 0 Å². The zero-order valence-electron chi connectivity index (χ0n) is 14.0. The highest BCUT2D eigenvalue weighted by atomic mass is 32.1. The molecule has 1 amide bonds. The Balaban J connectivity index is 1.74. The lowest BCUT2D eigenvalue weighted by molar-refractivity contribution is -0.130. The second kappa shape index (κ2) is 6.75. The van der Waals surface area contributed by atoms with E-state index in [9.17, 15) is 4.79 Å². The number of fused-ring (bicyclic) bond motifs is 1. The van der Waals surface area contributed by atoms with Crippen LogP contribution in [0.15, 0.2) is 41.8 Å². The number of nitrogens with zero attached hydrogens (tertiary/aromatic N) is 2. The molecule has 0 saturated carbocycles. The molecule has 2 atom stereocenters. The van der Waals surface area contributed by atoms with Gasteiger partial charge in [0.2, 0.25) is 5.91 Å². The highest BCUT2D eigenvalue weighted by molar-refractivity contribution is 7.10. The van der Waals surface area contributed by atoms with Crippen molar-refractivity contribution in [2.24, 2.45) is 0 Å². The van der Waals surface area contributed by atoms with Crippen molar-refractivity contribution in [1.82, 2.24) is 4.90 Å². The monoisotopic (exact) mass is 328 g/mol. The van der Waals surface area contributed by atoms with Crippen LogP contribution in [0.25, 0.3) is 0 Å². The van der Waals surface area contributed by atoms with Gasteiger partial charge in [-0.05, 0) is 49.8 Å². The van der Waals surface area contributed by atoms with Crippen LogP contribution in [0, 0.1) is 0 Å². The first-order chi connectivity index (χ1) is 11.1. The van der Waals surface area contributed by atoms with Gasteiger partial charge in [0.05, 0.1) is 12.6 Å². The van der Waals surface area contributed by atoms with Gasteiger partial charge in [0, 0.05) is 23.7 Å². The number of benzene rings is 1. The van der Waals surface area contributed by atoms with E-state index >= 15 is 0 Å². The van der Waals surface area contributed by atoms with Crippen molar-refractivity contribution in [2.75, 3.05) is 18.5 Å². The van der Waals surface area contributed by atoms with Crippen LogP contribution < -0.4 is 4.90 Å². The molecule has 0 aliphatic carbocycles. The molecule has 23 heavy (non-hydrogen) atoms. The van der Waals surface area contributed by atoms with Crippen LogP contribution in [-0.4, -0.2) is 30.4 Å². The number of para-hydroxylation sites is 1. The van der Waals surface area contributed by atoms with E-state index in [2.05, 4.69) is 54.5 Å². The number of thiophene rings is 1. The summed E-state index contributed by atoms with van der Waals surface area (Å²) in [6, 6.07) is 13.1. The van der Waals surface area contributed by atoms with E-state index in [4.69, 9.17) is 0 Å². The molecule has 0 N–H and O–H groups in total. The maximum Gasteiger partial charge on any atom is 0.242 e. The number of hydrogen-bond acceptors (Lipinski definition) is 3. The minimum absolute atomic E-state index is 0.123. The number of anilines is 1. The fourth-order valence-corrected chi connectivity index (χ4v) is 4.02. The lowest BCUT2D eigenvalue weighted by Crippen LogP contribution is -2.45. The number of carbonyl (C=O) groups is 1. The average Bonchev–Trinajstić information content (AvgIpc) is 3.10. The summed E-state index contributed by atoms with van der Waals surface area (Å²) in [6.07, 6.45) is 2.21. The Hall–Kier alpha value is -1.81. The first-order valence-electron chi connectivity index (χ1n) is 8.21. The van der Waals surface area contributed by atoms with Crippen LogP contribution in [0.2, 0.25) is 0 Å². The predicted molar refractivity (Wildman–Crippen MR) is 97.1 cm³/mol. The van der Waals surface area contributed by atoms with Crippen LogP contribution >= 0.6 is 11.3 Å². The van der Waals surface area contributed by atoms with E-state index in [0.717, 1.165) is 12.8 Å². The molecule has 0 bridgehead atoms. The van der Waals surface area contributed by atoms with Crippen LogP contribution in [-0.2, 0) is 11.2 Å². The standard InChI is InChI=1S/C19H24N2OS/c1-14-10-11-16-7-4-5-8-17(16)21(14)13-19(22)20(3)15(2)18-9-6-12-23-18/h4-9,12,14-15H,10-11,13H2,1-3H3. The summed E-state index contributed by atoms with van der Waals surface area (Å²) in [5, 5.41) is 2.06. The smallest absolute Gasteiger partial charge is 0.242 e. The van der Waals surface area contributed by atoms with E-state index in [-0.39, 0.29) is 11.9 Å². The Kier molecular flexibility index (Phi) is 4.71. The van der Waals surface area contributed by atoms with Gasteiger partial charge in [-0.25, -0.2) is 0 Å². The van der Waals surface area contributed by atoms with Crippen molar-refractivity contribution in [2.45, 2.75) is 38.8 Å². The maximum atomic E-state index is 12.8. The van der Waals surface area contributed by atoms with Crippen molar-refractivity contribution in [3.8, 4) is 0 Å². The number of likely N-dealkylation sites (N-methyl/N-ethyl adjacent to an activating group) is 1. The molecule has 1 aromatic heterocycles. The highest BCUT2D eigenvalue weighted by Gasteiger charge is 2.27. The van der Waals surface area contributed by atoms with Crippen LogP contribution in [0.3, 0.4) is 0 Å². The zero-order valence-corrected chi connectivity index (χ0v) is 14.8. The van der Waals surface area contributed by atoms with E-state index < -0.39 is 0 Å². The van der Waals surface area contributed by atoms with Crippen molar-refractivity contribution >= 4 is 22.9 Å². The summed E-state index contributed by atoms with van der Waals surface area (Å²) in [7, 11) is 1.91. The van der Waals surface area contributed by atoms with Crippen molar-refractivity contribution in [3.05, 3.63) is 52.2 Å². The first-order valence-corrected chi connectivity index (χ1v) is 9.09. The summed E-state index contributed by atoms with van der Waals surface area (Å²) < 4.78 is 0. The van der Waals surface area contributed by atoms with Gasteiger partial charge < -0.3 is 9.80 Å². The summed E-state index contributed by atoms with van der Waals surface area (Å²) in [4.78, 5) is 18.2. The quantitative estimate of drug-likeness (QED) is 0.843. The van der Waals surface area contributed by atoms with Gasteiger partial charge in [0.15, 0.2) is 0 Å². The molecule has 3 rings (SSSR count). The lowest BCUT2D eigenvalue weighted by Gasteiger charge is -2.38. The molecular weight excluding hydrogens is 304 g/mol. The SMILES string of the molecule is CC(c1cccs1)N(C)C(=O)CN1c2ccccc2CCC1C. The minimum atomic E-state index is 0.123. The molecule has 122 valence electrons. The van der Waals surface area contributed by atoms with Crippen molar-refractivity contribution in [3.63, 3.8) is 0 Å². The molecule has 2 unspecified atom stereocenters. The molecule has 3 nitrogen and oxygen atoms in total. The van der Waals surface area contributed by atoms with Gasteiger partial charge in [0.25, 0.3) is 0 Å². The number of rotatable bonds is 4. The van der Waals surface area contributed by atoms with Crippen molar-refractivity contribution < 1.29 is 4.79 Å². The van der Waals surface area contributed by atoms with Gasteiger partial charge >= 0.3 is 0 Å². The molecule has 0 saturated heterocycles. The highest BCUT2D eigenvalue weighted by Crippen LogP contribution is 2.31. The molecular formula is C19H24N2OS. The number of hydrogen-bond donors (Lipinski definition) is 0. The first kappa shape index (κ1) is 16.1. The van der Waals surface area contributed by atoms with E-state index in [1.807, 2.05) is 18.0 Å². The Labute approximate surface area is 142 Å². The molecule has 1 aromatic carbocycles. The molecule has 0 fully saturated rings. The number of aryl methyl sites for hydroxylation is 1. The fraction of sp³-hybridized carbons (Fsp3) is 0.421. The van der Waals surface area contributed by atoms with E-state index in [1.165, 1.54) is 16.1 Å². The molecule has 1 aliphatic rings. The number of amides is 1. The maximum absolute atomic E-state index is 12.8. The van der Waals surface area contributed by atoms with Gasteiger partial charge in [0.1, 0.15) is 0 Å². The normalized spacial score (nSPS) is 18.4. The largest absolute Gasteiger partial charge is 0.359 e. The Bertz CT molecular complexity index is 668. The summed E-state index contributed by atoms with van der Waals surface area (Å²) in [5.41, 5.74) is 2.57. The van der Waals surface area contributed by atoms with Gasteiger partial charge in [-0.3, -0.25) is 4.79 Å². The Morgan fingerprint density at radius 2 is 2.13 bits per heavy atom. The minimum Gasteiger partial charge on any atom is -0.359 e. The van der Waals surface area contributed by atoms with Crippen LogP contribution in [0.1, 0.15) is 36.8 Å². The fourth-order valence-electron chi connectivity index (χ4n) is 3.19. The van der Waals surface area contributed by atoms with E-state index in [0.29, 0.717) is 12.6 Å². The lowest BCUT2D eigenvalue weighted by atomic mass is 9.96. The van der Waals surface area contributed by atoms with Crippen LogP contribution in [0.4, 0.5) is 5.69 Å². The van der Waals surface area contributed by atoms with E-state index in [1.54, 1.807) is 11.3 Å². The average molecular weight is 328 g/mol. The second-order valence-electron chi connectivity index (χ2n) is 6.34. The molecule has 1 aliphatic heterocycles. The number of carbonyl (C=O) groups excluding carboxylic acids is 1. The Morgan fingerprint density at radius 1 is 1.35 bits per heavy atom. The topological polar surface area (TPSA) is 23.6 Å². The Morgan fingerprint density at radius 3 is 2.87 bits per heavy atom. The molecule has 2 heterocycles. The second-order valence-corrected chi connectivity index (χ2v) is 7.32. The molecule has 0 radical (unpaired) electrons. The van der Waals surface area contributed by atoms with Gasteiger partial charge in [-0.1, -0.05) is 24.3 Å². The third-order valence-corrected chi connectivity index (χ3v) is 5.94.